The van der Waals surface area contributed by atoms with Gasteiger partial charge in [0.2, 0.25) is 0 Å². The van der Waals surface area contributed by atoms with E-state index < -0.39 is 0 Å². The molecule has 0 radical (unpaired) electrons. The first kappa shape index (κ1) is 15.3. The van der Waals surface area contributed by atoms with Crippen LogP contribution in [-0.4, -0.2) is 42.9 Å². The summed E-state index contributed by atoms with van der Waals surface area (Å²) in [5.74, 6) is 1.96. The molecule has 0 bridgehead atoms. The van der Waals surface area contributed by atoms with Crippen LogP contribution in [0.1, 0.15) is 11.4 Å². The number of benzene rings is 1. The third-order valence-electron chi connectivity index (χ3n) is 4.51. The fraction of sp³-hybridized carbons (Fsp3) is 0.444. The summed E-state index contributed by atoms with van der Waals surface area (Å²) in [6, 6.07) is 8.09. The Morgan fingerprint density at radius 1 is 1.21 bits per heavy atom. The van der Waals surface area contributed by atoms with E-state index in [1.807, 2.05) is 23.1 Å². The van der Waals surface area contributed by atoms with Gasteiger partial charge in [-0.3, -0.25) is 0 Å². The minimum absolute atomic E-state index is 0.308. The van der Waals surface area contributed by atoms with Gasteiger partial charge in [-0.1, -0.05) is 18.2 Å². The highest BCUT2D eigenvalue weighted by molar-refractivity contribution is 5.40. The number of rotatable bonds is 3. The van der Waals surface area contributed by atoms with E-state index in [1.54, 1.807) is 0 Å². The predicted molar refractivity (Wildman–Crippen MR) is 87.9 cm³/mol. The van der Waals surface area contributed by atoms with Crippen molar-refractivity contribution in [2.24, 2.45) is 5.92 Å². The summed E-state index contributed by atoms with van der Waals surface area (Å²) >= 11 is 0. The van der Waals surface area contributed by atoms with Crippen molar-refractivity contribution >= 4 is 5.82 Å². The number of fused-ring (bicyclic) bond motifs is 1. The second-order valence-corrected chi connectivity index (χ2v) is 6.25. The lowest BCUT2D eigenvalue weighted by atomic mass is 9.94. The molecule has 2 aromatic rings. The van der Waals surface area contributed by atoms with Gasteiger partial charge in [-0.15, -0.1) is 0 Å². The molecule has 0 spiro atoms. The lowest BCUT2D eigenvalue weighted by Crippen LogP contribution is -2.37. The van der Waals surface area contributed by atoms with Gasteiger partial charge in [-0.05, 0) is 18.1 Å². The first-order valence-corrected chi connectivity index (χ1v) is 8.34. The Labute approximate surface area is 140 Å². The summed E-state index contributed by atoms with van der Waals surface area (Å²) in [6.45, 7) is 3.17. The number of hydrogen-bond acceptors (Lipinski definition) is 5. The van der Waals surface area contributed by atoms with Crippen LogP contribution in [-0.2, 0) is 17.6 Å². The van der Waals surface area contributed by atoms with Crippen LogP contribution < -0.4 is 9.64 Å². The van der Waals surface area contributed by atoms with Crippen LogP contribution in [0.5, 0.6) is 5.75 Å². The van der Waals surface area contributed by atoms with Crippen molar-refractivity contribution < 1.29 is 13.9 Å². The lowest BCUT2D eigenvalue weighted by molar-refractivity contribution is 0.122. The van der Waals surface area contributed by atoms with Crippen LogP contribution in [0.2, 0.25) is 0 Å². The molecule has 6 heteroatoms. The maximum atomic E-state index is 14.1. The van der Waals surface area contributed by atoms with Crippen LogP contribution >= 0.6 is 0 Å². The molecule has 1 atom stereocenters. The van der Waals surface area contributed by atoms with Gasteiger partial charge in [0, 0.05) is 25.4 Å². The van der Waals surface area contributed by atoms with Crippen molar-refractivity contribution in [2.75, 3.05) is 37.8 Å². The number of hydrogen-bond donors (Lipinski definition) is 0. The molecule has 5 nitrogen and oxygen atoms in total. The smallest absolute Gasteiger partial charge is 0.183 e. The molecule has 0 saturated carbocycles. The number of nitrogens with zero attached hydrogens (tertiary/aromatic N) is 3. The number of halogens is 1. The average molecular weight is 329 g/mol. The standard InChI is InChI=1S/C18H20FN3O2/c19-15-11-20-17(21-18(15)22-5-7-23-8-6-22)10-13-9-14-3-1-2-4-16(14)24-12-13/h1-4,11,13H,5-10,12H2/t13-/m1/s1. The van der Waals surface area contributed by atoms with E-state index in [0.717, 1.165) is 12.2 Å². The van der Waals surface area contributed by atoms with E-state index in [2.05, 4.69) is 16.0 Å². The molecule has 0 aliphatic carbocycles. The highest BCUT2D eigenvalue weighted by Crippen LogP contribution is 2.28. The molecule has 3 heterocycles. The van der Waals surface area contributed by atoms with Gasteiger partial charge in [0.05, 0.1) is 26.0 Å². The summed E-state index contributed by atoms with van der Waals surface area (Å²) in [6.07, 6.45) is 2.90. The van der Waals surface area contributed by atoms with Gasteiger partial charge in [-0.25, -0.2) is 14.4 Å². The third-order valence-corrected chi connectivity index (χ3v) is 4.51. The molecule has 1 aromatic carbocycles. The number of morpholine rings is 1. The fourth-order valence-corrected chi connectivity index (χ4v) is 3.27. The molecule has 126 valence electrons. The molecule has 0 unspecified atom stereocenters. The zero-order valence-corrected chi connectivity index (χ0v) is 13.4. The Kier molecular flexibility index (Phi) is 4.30. The Morgan fingerprint density at radius 3 is 2.92 bits per heavy atom. The van der Waals surface area contributed by atoms with Crippen molar-refractivity contribution in [1.82, 2.24) is 9.97 Å². The van der Waals surface area contributed by atoms with Crippen LogP contribution in [0.3, 0.4) is 0 Å². The average Bonchev–Trinajstić information content (AvgIpc) is 2.64. The molecular formula is C18H20FN3O2. The minimum atomic E-state index is -0.370. The van der Waals surface area contributed by atoms with Gasteiger partial charge in [0.25, 0.3) is 0 Å². The third kappa shape index (κ3) is 3.19. The maximum Gasteiger partial charge on any atom is 0.183 e. The molecular weight excluding hydrogens is 309 g/mol. The zero-order valence-electron chi connectivity index (χ0n) is 13.4. The first-order chi connectivity index (χ1) is 11.8. The van der Waals surface area contributed by atoms with Crippen molar-refractivity contribution in [3.63, 3.8) is 0 Å². The van der Waals surface area contributed by atoms with Crippen molar-refractivity contribution in [3.05, 3.63) is 47.7 Å². The molecule has 1 saturated heterocycles. The summed E-state index contributed by atoms with van der Waals surface area (Å²) in [7, 11) is 0. The molecule has 1 aromatic heterocycles. The maximum absolute atomic E-state index is 14.1. The van der Waals surface area contributed by atoms with E-state index in [9.17, 15) is 4.39 Å². The second-order valence-electron chi connectivity index (χ2n) is 6.25. The zero-order chi connectivity index (χ0) is 16.4. The number of ether oxygens (including phenoxy) is 2. The Morgan fingerprint density at radius 2 is 2.04 bits per heavy atom. The SMILES string of the molecule is Fc1cnc(C[C@@H]2COc3ccccc3C2)nc1N1CCOCC1. The quantitative estimate of drug-likeness (QED) is 0.864. The highest BCUT2D eigenvalue weighted by atomic mass is 19.1. The Balaban J connectivity index is 1.49. The lowest BCUT2D eigenvalue weighted by Gasteiger charge is -2.28. The molecule has 2 aliphatic rings. The van der Waals surface area contributed by atoms with Crippen molar-refractivity contribution in [2.45, 2.75) is 12.8 Å². The van der Waals surface area contributed by atoms with Crippen LogP contribution in [0, 0.1) is 11.7 Å². The topological polar surface area (TPSA) is 47.5 Å². The largest absolute Gasteiger partial charge is 0.493 e. The van der Waals surface area contributed by atoms with Gasteiger partial charge < -0.3 is 14.4 Å². The Bertz CT molecular complexity index is 719. The molecule has 2 aliphatic heterocycles. The summed E-state index contributed by atoms with van der Waals surface area (Å²) in [5, 5.41) is 0. The molecule has 0 N–H and O–H groups in total. The van der Waals surface area contributed by atoms with E-state index in [0.29, 0.717) is 56.9 Å². The van der Waals surface area contributed by atoms with Crippen LogP contribution in [0.4, 0.5) is 10.2 Å². The Hall–Kier alpha value is -2.21. The number of anilines is 1. The van der Waals surface area contributed by atoms with E-state index in [1.165, 1.54) is 11.8 Å². The summed E-state index contributed by atoms with van der Waals surface area (Å²) in [4.78, 5) is 10.6. The summed E-state index contributed by atoms with van der Waals surface area (Å²) < 4.78 is 25.2. The predicted octanol–water partition coefficient (Wildman–Crippen LogP) is 2.25. The monoisotopic (exact) mass is 329 g/mol. The molecule has 1 fully saturated rings. The number of para-hydroxylation sites is 1. The fourth-order valence-electron chi connectivity index (χ4n) is 3.27. The minimum Gasteiger partial charge on any atom is -0.493 e. The second kappa shape index (κ2) is 6.73. The first-order valence-electron chi connectivity index (χ1n) is 8.34. The molecule has 24 heavy (non-hydrogen) atoms. The van der Waals surface area contributed by atoms with Crippen LogP contribution in [0.15, 0.2) is 30.5 Å². The van der Waals surface area contributed by atoms with E-state index >= 15 is 0 Å². The van der Waals surface area contributed by atoms with Gasteiger partial charge in [-0.2, -0.15) is 0 Å². The number of aromatic nitrogens is 2. The van der Waals surface area contributed by atoms with Gasteiger partial charge >= 0.3 is 0 Å². The van der Waals surface area contributed by atoms with Crippen LogP contribution in [0.25, 0.3) is 0 Å². The van der Waals surface area contributed by atoms with Crippen molar-refractivity contribution in [1.29, 1.82) is 0 Å². The molecule has 4 rings (SSSR count). The van der Waals surface area contributed by atoms with E-state index in [4.69, 9.17) is 9.47 Å². The molecule has 0 amide bonds. The van der Waals surface area contributed by atoms with E-state index in [-0.39, 0.29) is 5.82 Å². The van der Waals surface area contributed by atoms with Gasteiger partial charge in [0.15, 0.2) is 11.6 Å². The van der Waals surface area contributed by atoms with Crippen molar-refractivity contribution in [3.8, 4) is 5.75 Å². The summed E-state index contributed by atoms with van der Waals surface area (Å²) in [5.41, 5.74) is 1.21. The normalized spacial score (nSPS) is 20.4. The van der Waals surface area contributed by atoms with Gasteiger partial charge in [0.1, 0.15) is 11.6 Å². The highest BCUT2D eigenvalue weighted by Gasteiger charge is 2.23.